The van der Waals surface area contributed by atoms with Crippen molar-refractivity contribution in [2.75, 3.05) is 11.9 Å². The predicted octanol–water partition coefficient (Wildman–Crippen LogP) is 3.11. The number of nitrogens with one attached hydrogen (secondary N) is 2. The molecule has 2 aromatic rings. The van der Waals surface area contributed by atoms with Crippen LogP contribution >= 0.6 is 0 Å². The van der Waals surface area contributed by atoms with E-state index in [-0.39, 0.29) is 18.7 Å². The second-order valence-electron chi connectivity index (χ2n) is 6.47. The van der Waals surface area contributed by atoms with Gasteiger partial charge in [-0.1, -0.05) is 23.8 Å². The number of aryl methyl sites for hydroxylation is 2. The number of amides is 2. The quantitative estimate of drug-likeness (QED) is 0.402. The van der Waals surface area contributed by atoms with Crippen LogP contribution in [0.2, 0.25) is 0 Å². The number of anilines is 1. The lowest BCUT2D eigenvalue weighted by atomic mass is 10.1. The Morgan fingerprint density at radius 2 is 1.79 bits per heavy atom. The summed E-state index contributed by atoms with van der Waals surface area (Å²) in [5, 5.41) is 17.3. The predicted molar refractivity (Wildman–Crippen MR) is 109 cm³/mol. The van der Waals surface area contributed by atoms with Crippen molar-refractivity contribution in [1.29, 1.82) is 0 Å². The first kappa shape index (κ1) is 21.5. The molecule has 0 aliphatic rings. The fourth-order valence-electron chi connectivity index (χ4n) is 2.30. The molecular formula is C20H22N4O5. The van der Waals surface area contributed by atoms with Gasteiger partial charge in [-0.05, 0) is 38.5 Å². The average molecular weight is 398 g/mol. The summed E-state index contributed by atoms with van der Waals surface area (Å²) < 4.78 is 5.34. The molecule has 0 aliphatic carbocycles. The largest absolute Gasteiger partial charge is 0.484 e. The Labute approximate surface area is 167 Å². The number of nitrogens with zero attached hydrogens (tertiary/aromatic N) is 2. The molecular weight excluding hydrogens is 376 g/mol. The van der Waals surface area contributed by atoms with Crippen molar-refractivity contribution in [3.05, 3.63) is 63.7 Å². The number of hydrogen-bond donors (Lipinski definition) is 2. The monoisotopic (exact) mass is 398 g/mol. The minimum Gasteiger partial charge on any atom is -0.484 e. The van der Waals surface area contributed by atoms with E-state index in [1.165, 1.54) is 12.1 Å². The summed E-state index contributed by atoms with van der Waals surface area (Å²) in [6.07, 6.45) is -0.0821. The van der Waals surface area contributed by atoms with E-state index in [2.05, 4.69) is 15.8 Å². The molecule has 0 atom stereocenters. The zero-order valence-electron chi connectivity index (χ0n) is 16.4. The third-order valence-electron chi connectivity index (χ3n) is 3.88. The van der Waals surface area contributed by atoms with Crippen molar-refractivity contribution in [3.63, 3.8) is 0 Å². The number of nitro groups is 1. The molecule has 2 rings (SSSR count). The van der Waals surface area contributed by atoms with Gasteiger partial charge in [-0.3, -0.25) is 19.7 Å². The van der Waals surface area contributed by atoms with E-state index in [9.17, 15) is 19.7 Å². The minimum atomic E-state index is -0.532. The highest BCUT2D eigenvalue weighted by atomic mass is 16.6. The molecule has 0 heterocycles. The smallest absolute Gasteiger partial charge is 0.277 e. The van der Waals surface area contributed by atoms with Crippen LogP contribution in [0.4, 0.5) is 11.4 Å². The van der Waals surface area contributed by atoms with Crippen LogP contribution in [0.25, 0.3) is 0 Å². The van der Waals surface area contributed by atoms with E-state index >= 15 is 0 Å². The van der Waals surface area contributed by atoms with Crippen molar-refractivity contribution in [2.45, 2.75) is 27.2 Å². The van der Waals surface area contributed by atoms with Gasteiger partial charge in [0.1, 0.15) is 5.75 Å². The van der Waals surface area contributed by atoms with Crippen molar-refractivity contribution >= 4 is 28.9 Å². The van der Waals surface area contributed by atoms with Crippen LogP contribution in [0.15, 0.2) is 47.6 Å². The second-order valence-corrected chi connectivity index (χ2v) is 6.47. The molecule has 0 radical (unpaired) electrons. The third-order valence-corrected chi connectivity index (χ3v) is 3.88. The number of benzene rings is 2. The van der Waals surface area contributed by atoms with Gasteiger partial charge >= 0.3 is 0 Å². The summed E-state index contributed by atoms with van der Waals surface area (Å²) >= 11 is 0. The van der Waals surface area contributed by atoms with Crippen LogP contribution in [0.3, 0.4) is 0 Å². The first-order chi connectivity index (χ1) is 13.7. The molecule has 0 saturated carbocycles. The summed E-state index contributed by atoms with van der Waals surface area (Å²) in [4.78, 5) is 34.3. The van der Waals surface area contributed by atoms with E-state index < -0.39 is 16.7 Å². The molecule has 0 spiro atoms. The van der Waals surface area contributed by atoms with E-state index in [1.54, 1.807) is 32.0 Å². The Bertz CT molecular complexity index is 938. The van der Waals surface area contributed by atoms with E-state index in [0.29, 0.717) is 22.7 Å². The van der Waals surface area contributed by atoms with Gasteiger partial charge in [0, 0.05) is 17.8 Å². The van der Waals surface area contributed by atoms with Gasteiger partial charge in [0.05, 0.1) is 17.0 Å². The molecule has 29 heavy (non-hydrogen) atoms. The van der Waals surface area contributed by atoms with Gasteiger partial charge < -0.3 is 10.1 Å². The van der Waals surface area contributed by atoms with E-state index in [1.807, 2.05) is 19.1 Å². The molecule has 9 heteroatoms. The maximum absolute atomic E-state index is 12.1. The Morgan fingerprint density at radius 3 is 2.45 bits per heavy atom. The lowest BCUT2D eigenvalue weighted by Gasteiger charge is -2.08. The second kappa shape index (κ2) is 9.98. The van der Waals surface area contributed by atoms with Gasteiger partial charge in [0.2, 0.25) is 5.91 Å². The Balaban J connectivity index is 1.83. The number of carbonyl (C=O) groups is 2. The summed E-state index contributed by atoms with van der Waals surface area (Å²) in [6, 6.07) is 11.5. The molecule has 152 valence electrons. The highest BCUT2D eigenvalue weighted by molar-refractivity contribution is 6.06. The van der Waals surface area contributed by atoms with Gasteiger partial charge in [-0.2, -0.15) is 5.10 Å². The molecule has 0 unspecified atom stereocenters. The third kappa shape index (κ3) is 7.06. The fourth-order valence-corrected chi connectivity index (χ4v) is 2.30. The molecule has 2 N–H and O–H groups in total. The number of ether oxygens (including phenoxy) is 1. The Hall–Kier alpha value is -3.75. The molecule has 0 fully saturated rings. The van der Waals surface area contributed by atoms with Crippen LogP contribution in [0.1, 0.15) is 24.5 Å². The summed E-state index contributed by atoms with van der Waals surface area (Å²) in [5.74, 6) is -0.294. The van der Waals surface area contributed by atoms with Gasteiger partial charge in [0.15, 0.2) is 6.61 Å². The van der Waals surface area contributed by atoms with Gasteiger partial charge in [-0.15, -0.1) is 0 Å². The molecule has 0 saturated heterocycles. The fraction of sp³-hybridized carbons (Fsp3) is 0.250. The van der Waals surface area contributed by atoms with Crippen LogP contribution in [0, 0.1) is 24.0 Å². The van der Waals surface area contributed by atoms with Crippen molar-refractivity contribution in [1.82, 2.24) is 5.43 Å². The topological polar surface area (TPSA) is 123 Å². The standard InChI is InChI=1S/C20H22N4O5/c1-13-4-8-17(9-5-13)29-12-20(26)23-22-15(3)10-19(25)21-18-11-16(24(27)28)7-6-14(18)2/h4-9,11H,10,12H2,1-3H3,(H,21,25)(H,23,26)/b22-15+. The summed E-state index contributed by atoms with van der Waals surface area (Å²) in [5.41, 5.74) is 4.71. The maximum Gasteiger partial charge on any atom is 0.277 e. The van der Waals surface area contributed by atoms with Crippen molar-refractivity contribution in [3.8, 4) is 5.75 Å². The number of nitro benzene ring substituents is 1. The SMILES string of the molecule is C/C(CC(=O)Nc1cc([N+](=O)[O-])ccc1C)=N\NC(=O)COc1ccc(C)cc1. The molecule has 0 bridgehead atoms. The lowest BCUT2D eigenvalue weighted by Crippen LogP contribution is -2.26. The first-order valence-corrected chi connectivity index (χ1v) is 8.81. The Kier molecular flexibility index (Phi) is 7.41. The van der Waals surface area contributed by atoms with E-state index in [4.69, 9.17) is 4.74 Å². The lowest BCUT2D eigenvalue weighted by molar-refractivity contribution is -0.384. The van der Waals surface area contributed by atoms with Crippen LogP contribution < -0.4 is 15.5 Å². The average Bonchev–Trinajstić information content (AvgIpc) is 2.67. The molecule has 2 amide bonds. The van der Waals surface area contributed by atoms with Crippen molar-refractivity contribution in [2.24, 2.45) is 5.10 Å². The van der Waals surface area contributed by atoms with Crippen molar-refractivity contribution < 1.29 is 19.2 Å². The zero-order valence-corrected chi connectivity index (χ0v) is 16.4. The minimum absolute atomic E-state index is 0.0821. The molecule has 0 aliphatic heterocycles. The zero-order chi connectivity index (χ0) is 21.4. The number of rotatable bonds is 8. The van der Waals surface area contributed by atoms with Crippen LogP contribution in [0.5, 0.6) is 5.75 Å². The van der Waals surface area contributed by atoms with Crippen LogP contribution in [-0.4, -0.2) is 29.1 Å². The molecule has 2 aromatic carbocycles. The highest BCUT2D eigenvalue weighted by Gasteiger charge is 2.12. The normalized spacial score (nSPS) is 10.9. The number of carbonyl (C=O) groups excluding carboxylic acids is 2. The highest BCUT2D eigenvalue weighted by Crippen LogP contribution is 2.22. The van der Waals surface area contributed by atoms with Crippen LogP contribution in [-0.2, 0) is 9.59 Å². The molecule has 0 aromatic heterocycles. The van der Waals surface area contributed by atoms with Gasteiger partial charge in [0.25, 0.3) is 11.6 Å². The summed E-state index contributed by atoms with van der Waals surface area (Å²) in [6.45, 7) is 5.05. The molecule has 9 nitrogen and oxygen atoms in total. The van der Waals surface area contributed by atoms with E-state index in [0.717, 1.165) is 5.56 Å². The maximum atomic E-state index is 12.1. The first-order valence-electron chi connectivity index (χ1n) is 8.81. The Morgan fingerprint density at radius 1 is 1.10 bits per heavy atom. The summed E-state index contributed by atoms with van der Waals surface area (Å²) in [7, 11) is 0. The number of hydrazone groups is 1. The number of non-ortho nitro benzene ring substituents is 1. The number of hydrogen-bond acceptors (Lipinski definition) is 6. The van der Waals surface area contributed by atoms with Gasteiger partial charge in [-0.25, -0.2) is 5.43 Å².